The lowest BCUT2D eigenvalue weighted by atomic mass is 10.0. The largest absolute Gasteiger partial charge is 0.456 e. The zero-order valence-electron chi connectivity index (χ0n) is 53.1. The number of aromatic nitrogens is 2. The highest BCUT2D eigenvalue weighted by molar-refractivity contribution is 6.16. The van der Waals surface area contributed by atoms with E-state index in [0.717, 1.165) is 22.3 Å². The van der Waals surface area contributed by atoms with Crippen LogP contribution in [0.3, 0.4) is 0 Å². The Morgan fingerprint density at radius 1 is 0.351 bits per heavy atom. The Labute approximate surface area is 362 Å². The van der Waals surface area contributed by atoms with Gasteiger partial charge in [0.05, 0.1) is 66.0 Å². The Morgan fingerprint density at radius 3 is 1.65 bits per heavy atom. The van der Waals surface area contributed by atoms with Crippen LogP contribution in [0.25, 0.3) is 110 Å². The van der Waals surface area contributed by atoms with Crippen LogP contribution in [0.2, 0.25) is 0 Å². The van der Waals surface area contributed by atoms with Crippen molar-refractivity contribution in [3.63, 3.8) is 0 Å². The van der Waals surface area contributed by atoms with Crippen LogP contribution in [-0.2, 0) is 0 Å². The summed E-state index contributed by atoms with van der Waals surface area (Å²) >= 11 is 0. The van der Waals surface area contributed by atoms with Crippen LogP contribution < -0.4 is 0 Å². The smallest absolute Gasteiger partial charge is 0.137 e. The Kier molecular flexibility index (Phi) is 3.55. The van der Waals surface area contributed by atoms with Gasteiger partial charge in [0.1, 0.15) is 11.2 Å². The number of benzene rings is 9. The average Bonchev–Trinajstić information content (AvgIpc) is 3.92. The first-order valence-corrected chi connectivity index (χ1v) is 17.5. The fourth-order valence-corrected chi connectivity index (χ4v) is 7.32. The Morgan fingerprint density at radius 2 is 0.930 bits per heavy atom. The van der Waals surface area contributed by atoms with E-state index in [1.54, 1.807) is 48.5 Å². The van der Waals surface area contributed by atoms with Gasteiger partial charge in [-0.2, -0.15) is 0 Å². The predicted molar refractivity (Wildman–Crippen MR) is 239 cm³/mol. The number of rotatable bonds is 5. The third-order valence-corrected chi connectivity index (χ3v) is 9.87. The van der Waals surface area contributed by atoms with Crippen LogP contribution in [0.1, 0.15) is 32.9 Å². The number of furan rings is 1. The fourth-order valence-electron chi connectivity index (χ4n) is 7.32. The lowest BCUT2D eigenvalue weighted by Crippen LogP contribution is -1.94. The summed E-state index contributed by atoms with van der Waals surface area (Å²) in [6.45, 7) is 0. The molecule has 12 rings (SSSR count). The van der Waals surface area contributed by atoms with Gasteiger partial charge in [0.25, 0.3) is 0 Å². The van der Waals surface area contributed by atoms with Crippen LogP contribution in [-0.4, -0.2) is 9.13 Å². The second-order valence-electron chi connectivity index (χ2n) is 13.0. The van der Waals surface area contributed by atoms with Gasteiger partial charge in [-0.05, 0) is 106 Å². The fraction of sp³-hybridized carbons (Fsp3) is 0. The molecule has 0 saturated carbocycles. The molecule has 0 aliphatic heterocycles. The van der Waals surface area contributed by atoms with Crippen LogP contribution >= 0.6 is 0 Å². The molecule has 0 radical (unpaired) electrons. The SMILES string of the molecule is [2H]c1ccc(-c2ccc(-n3c4c([2H])c([2H])c([2H])c([2H])c4c4c([2H])c(-c5c([2H])c([2H])c6c(c5[2H])c5c([2H])c([2H])c([2H])c([2H])c5n6-c5c([2H])c([2H])c([2H])c6oc7c([2H])c(-c8c([2H])cc([2H])cc8[2H])c([2H])c([2H])c7c56)c([2H])c([2H])c43)cc2)cc1. The highest BCUT2D eigenvalue weighted by Crippen LogP contribution is 2.42. The summed E-state index contributed by atoms with van der Waals surface area (Å²) in [6, 6.07) is -0.819. The molecule has 0 atom stereocenters. The first kappa shape index (κ1) is 16.2. The minimum absolute atomic E-state index is 0.183. The van der Waals surface area contributed by atoms with Crippen LogP contribution in [0, 0.1) is 0 Å². The van der Waals surface area contributed by atoms with E-state index in [0.29, 0.717) is 5.56 Å². The van der Waals surface area contributed by atoms with Crippen molar-refractivity contribution in [1.82, 2.24) is 9.13 Å². The highest BCUT2D eigenvalue weighted by atomic mass is 16.3. The first-order chi connectivity index (χ1) is 38.2. The van der Waals surface area contributed by atoms with E-state index in [2.05, 4.69) is 0 Å². The summed E-state index contributed by atoms with van der Waals surface area (Å²) in [7, 11) is 0. The van der Waals surface area contributed by atoms with Crippen molar-refractivity contribution < 1.29 is 37.3 Å². The van der Waals surface area contributed by atoms with E-state index in [1.807, 2.05) is 0 Å². The Bertz CT molecular complexity index is 4880. The van der Waals surface area contributed by atoms with Gasteiger partial charge in [0, 0.05) is 32.6 Å². The maximum absolute atomic E-state index is 10.0. The van der Waals surface area contributed by atoms with Gasteiger partial charge in [-0.1, -0.05) is 133 Å². The predicted octanol–water partition coefficient (Wildman–Crippen LogP) is 14.8. The van der Waals surface area contributed by atoms with Crippen LogP contribution in [0.4, 0.5) is 0 Å². The molecule has 3 nitrogen and oxygen atoms in total. The lowest BCUT2D eigenvalue weighted by Gasteiger charge is -2.11. The normalized spacial score (nSPS) is 17.8. The van der Waals surface area contributed by atoms with E-state index in [-0.39, 0.29) is 45.1 Å². The number of hydrogen-bond acceptors (Lipinski definition) is 1. The van der Waals surface area contributed by atoms with Gasteiger partial charge in [-0.15, -0.1) is 0 Å². The summed E-state index contributed by atoms with van der Waals surface area (Å²) in [5.74, 6) is 0. The topological polar surface area (TPSA) is 23.0 Å². The van der Waals surface area contributed by atoms with Gasteiger partial charge in [0.15, 0.2) is 0 Å². The number of hydrogen-bond donors (Lipinski definition) is 0. The molecule has 0 aliphatic carbocycles. The molecule has 0 aliphatic rings. The molecule has 3 aromatic heterocycles. The zero-order valence-corrected chi connectivity index (χ0v) is 29.1. The van der Waals surface area contributed by atoms with E-state index >= 15 is 0 Å². The minimum Gasteiger partial charge on any atom is -0.456 e. The lowest BCUT2D eigenvalue weighted by molar-refractivity contribution is 0.669. The van der Waals surface area contributed by atoms with Gasteiger partial charge in [-0.3, -0.25) is 0 Å². The molecule has 0 unspecified atom stereocenters. The quantitative estimate of drug-likeness (QED) is 0.172. The standard InChI is InChI=1S/C54H34N2O/c1-3-12-35(13-4-1)37-22-27-41(28-23-37)55-47-18-9-7-16-42(47)45-32-38(25-30-49(45)55)39-26-31-50-46(33-39)43-17-8-10-19-48(43)56(50)51-20-11-21-52-54(51)44-29-24-40(34-53(44)57-52)36-14-5-2-6-15-36/h1-34H/i1D,2D,7D,8D,9D,10D,11D,14D,15D,16D,17D,18D,19D,20D,21D,24D,25D,26D,29D,30D,31D,32D,33D,34D. The molecular weight excluding hydrogens is 693 g/mol. The van der Waals surface area contributed by atoms with E-state index in [9.17, 15) is 17.8 Å². The van der Waals surface area contributed by atoms with Crippen LogP contribution in [0.5, 0.6) is 0 Å². The number of nitrogens with zero attached hydrogens (tertiary/aromatic N) is 2. The van der Waals surface area contributed by atoms with Gasteiger partial charge < -0.3 is 13.6 Å². The van der Waals surface area contributed by atoms with Crippen molar-refractivity contribution in [2.24, 2.45) is 0 Å². The summed E-state index contributed by atoms with van der Waals surface area (Å²) in [5.41, 5.74) is -3.60. The Balaban J connectivity index is 1.21. The molecule has 12 aromatic rings. The van der Waals surface area contributed by atoms with Crippen molar-refractivity contribution in [3.05, 3.63) is 206 Å². The minimum atomic E-state index is -0.931. The van der Waals surface area contributed by atoms with E-state index in [4.69, 9.17) is 19.5 Å². The van der Waals surface area contributed by atoms with Crippen molar-refractivity contribution >= 4 is 65.6 Å². The van der Waals surface area contributed by atoms with Crippen molar-refractivity contribution in [1.29, 1.82) is 0 Å². The first-order valence-electron chi connectivity index (χ1n) is 29.5. The molecule has 57 heavy (non-hydrogen) atoms. The van der Waals surface area contributed by atoms with Gasteiger partial charge >= 0.3 is 0 Å². The molecule has 3 heteroatoms. The number of para-hydroxylation sites is 2. The van der Waals surface area contributed by atoms with Gasteiger partial charge in [0.2, 0.25) is 0 Å². The summed E-state index contributed by atoms with van der Waals surface area (Å²) in [6.07, 6.45) is 0. The zero-order chi connectivity index (χ0) is 58.3. The van der Waals surface area contributed by atoms with Crippen molar-refractivity contribution in [2.45, 2.75) is 0 Å². The van der Waals surface area contributed by atoms with E-state index < -0.39 is 199 Å². The summed E-state index contributed by atoms with van der Waals surface area (Å²) in [5, 5.41) is -2.47. The molecule has 0 bridgehead atoms. The van der Waals surface area contributed by atoms with Crippen LogP contribution in [0.15, 0.2) is 210 Å². The molecule has 0 saturated heterocycles. The van der Waals surface area contributed by atoms with Gasteiger partial charge in [-0.25, -0.2) is 0 Å². The van der Waals surface area contributed by atoms with Crippen molar-refractivity contribution in [3.8, 4) is 44.8 Å². The molecule has 9 aromatic carbocycles. The number of fused-ring (bicyclic) bond motifs is 9. The molecule has 3 heterocycles. The monoisotopic (exact) mass is 750 g/mol. The molecular formula is C54H34N2O. The van der Waals surface area contributed by atoms with Crippen molar-refractivity contribution in [2.75, 3.05) is 0 Å². The highest BCUT2D eigenvalue weighted by Gasteiger charge is 2.19. The maximum Gasteiger partial charge on any atom is 0.137 e. The average molecular weight is 751 g/mol. The molecule has 266 valence electrons. The third kappa shape index (κ3) is 4.92. The second kappa shape index (κ2) is 12.5. The third-order valence-electron chi connectivity index (χ3n) is 9.87. The Hall–Kier alpha value is -7.62. The summed E-state index contributed by atoms with van der Waals surface area (Å²) < 4.78 is 228. The summed E-state index contributed by atoms with van der Waals surface area (Å²) in [4.78, 5) is 0. The molecule has 0 N–H and O–H groups in total. The second-order valence-corrected chi connectivity index (χ2v) is 13.0. The maximum atomic E-state index is 10.0. The molecule has 0 fully saturated rings. The molecule has 0 spiro atoms. The molecule has 0 amide bonds. The van der Waals surface area contributed by atoms with E-state index in [1.165, 1.54) is 4.57 Å².